The molecule has 0 radical (unpaired) electrons. The molecular formula is C18H25NO4S. The van der Waals surface area contributed by atoms with Crippen molar-refractivity contribution in [1.29, 1.82) is 0 Å². The van der Waals surface area contributed by atoms with Crippen molar-refractivity contribution in [2.45, 2.75) is 51.0 Å². The Hall–Kier alpha value is -1.40. The first-order chi connectivity index (χ1) is 11.1. The quantitative estimate of drug-likeness (QED) is 0.785. The van der Waals surface area contributed by atoms with E-state index in [-0.39, 0.29) is 21.8 Å². The molecule has 1 aliphatic carbocycles. The van der Waals surface area contributed by atoms with Gasteiger partial charge in [0, 0.05) is 12.6 Å². The van der Waals surface area contributed by atoms with E-state index in [1.807, 2.05) is 0 Å². The number of carbonyl (C=O) groups is 1. The Bertz CT molecular complexity index is 754. The maximum absolute atomic E-state index is 13.1. The summed E-state index contributed by atoms with van der Waals surface area (Å²) in [6, 6.07) is 6.07. The minimum atomic E-state index is -3.55. The predicted molar refractivity (Wildman–Crippen MR) is 91.2 cm³/mol. The molecule has 0 amide bonds. The Morgan fingerprint density at radius 1 is 1.17 bits per heavy atom. The lowest BCUT2D eigenvalue weighted by atomic mass is 9.65. The van der Waals surface area contributed by atoms with Gasteiger partial charge in [0.25, 0.3) is 0 Å². The smallest absolute Gasteiger partial charge is 0.337 e. The number of hydrogen-bond donors (Lipinski definition) is 0. The Morgan fingerprint density at radius 2 is 1.79 bits per heavy atom. The molecular weight excluding hydrogens is 326 g/mol. The van der Waals surface area contributed by atoms with Crippen LogP contribution >= 0.6 is 0 Å². The van der Waals surface area contributed by atoms with Gasteiger partial charge in [-0.15, -0.1) is 0 Å². The van der Waals surface area contributed by atoms with Crippen molar-refractivity contribution < 1.29 is 17.9 Å². The zero-order valence-electron chi connectivity index (χ0n) is 14.7. The number of sulfonamides is 1. The second kappa shape index (κ2) is 5.56. The van der Waals surface area contributed by atoms with Gasteiger partial charge in [-0.3, -0.25) is 0 Å². The largest absolute Gasteiger partial charge is 0.465 e. The minimum Gasteiger partial charge on any atom is -0.465 e. The fourth-order valence-electron chi connectivity index (χ4n) is 4.71. The van der Waals surface area contributed by atoms with Gasteiger partial charge in [-0.25, -0.2) is 13.2 Å². The highest BCUT2D eigenvalue weighted by molar-refractivity contribution is 7.89. The lowest BCUT2D eigenvalue weighted by molar-refractivity contribution is 0.0600. The number of esters is 1. The van der Waals surface area contributed by atoms with Crippen molar-refractivity contribution in [3.8, 4) is 0 Å². The second-order valence-corrected chi connectivity index (χ2v) is 10.2. The summed E-state index contributed by atoms with van der Waals surface area (Å²) < 4.78 is 32.5. The van der Waals surface area contributed by atoms with E-state index < -0.39 is 16.0 Å². The lowest BCUT2D eigenvalue weighted by Crippen LogP contribution is -2.37. The van der Waals surface area contributed by atoms with Crippen molar-refractivity contribution in [3.05, 3.63) is 29.8 Å². The summed E-state index contributed by atoms with van der Waals surface area (Å²) in [5, 5.41) is 0. The van der Waals surface area contributed by atoms with Crippen molar-refractivity contribution in [2.75, 3.05) is 13.7 Å². The molecule has 1 aromatic carbocycles. The maximum atomic E-state index is 13.1. The molecule has 1 aliphatic heterocycles. The molecule has 1 saturated heterocycles. The minimum absolute atomic E-state index is 0.0471. The van der Waals surface area contributed by atoms with Gasteiger partial charge in [0.2, 0.25) is 10.0 Å². The zero-order chi connectivity index (χ0) is 17.8. The normalized spacial score (nSPS) is 29.4. The molecule has 1 aromatic rings. The molecule has 0 aromatic heterocycles. The van der Waals surface area contributed by atoms with E-state index in [9.17, 15) is 13.2 Å². The van der Waals surface area contributed by atoms with Crippen molar-refractivity contribution >= 4 is 16.0 Å². The highest BCUT2D eigenvalue weighted by Gasteiger charge is 2.53. The molecule has 0 unspecified atom stereocenters. The molecule has 1 saturated carbocycles. The molecule has 6 heteroatoms. The van der Waals surface area contributed by atoms with E-state index in [2.05, 4.69) is 25.5 Å². The van der Waals surface area contributed by atoms with Crippen LogP contribution in [0.3, 0.4) is 0 Å². The van der Waals surface area contributed by atoms with Crippen molar-refractivity contribution in [1.82, 2.24) is 4.31 Å². The summed E-state index contributed by atoms with van der Waals surface area (Å²) in [6.07, 6.45) is 2.86. The monoisotopic (exact) mass is 351 g/mol. The predicted octanol–water partition coefficient (Wildman–Crippen LogP) is 3.06. The van der Waals surface area contributed by atoms with E-state index in [1.54, 1.807) is 4.31 Å². The SMILES string of the molecule is COC(=O)c1ccc(S(=O)(=O)N2C[C@@]3(C)C[C@H]2CC(C)(C)C3)cc1. The third-order valence-electron chi connectivity index (χ3n) is 5.25. The van der Waals surface area contributed by atoms with Gasteiger partial charge in [0.1, 0.15) is 0 Å². The molecule has 24 heavy (non-hydrogen) atoms. The van der Waals surface area contributed by atoms with Gasteiger partial charge in [0.15, 0.2) is 0 Å². The average Bonchev–Trinajstić information content (AvgIpc) is 2.76. The van der Waals surface area contributed by atoms with Crippen LogP contribution in [0.15, 0.2) is 29.2 Å². The second-order valence-electron chi connectivity index (χ2n) is 8.28. The average molecular weight is 351 g/mol. The summed E-state index contributed by atoms with van der Waals surface area (Å²) in [7, 11) is -2.24. The summed E-state index contributed by atoms with van der Waals surface area (Å²) in [6.45, 7) is 7.20. The first kappa shape index (κ1) is 17.4. The van der Waals surface area contributed by atoms with E-state index in [1.165, 1.54) is 31.4 Å². The number of nitrogens with zero attached hydrogens (tertiary/aromatic N) is 1. The molecule has 3 rings (SSSR count). The van der Waals surface area contributed by atoms with Crippen LogP contribution in [0, 0.1) is 10.8 Å². The molecule has 0 spiro atoms. The van der Waals surface area contributed by atoms with Gasteiger partial charge >= 0.3 is 5.97 Å². The van der Waals surface area contributed by atoms with Gasteiger partial charge in [-0.2, -0.15) is 4.31 Å². The molecule has 2 fully saturated rings. The number of hydrogen-bond acceptors (Lipinski definition) is 4. The van der Waals surface area contributed by atoms with Gasteiger partial charge in [-0.1, -0.05) is 20.8 Å². The molecule has 2 aliphatic rings. The van der Waals surface area contributed by atoms with Gasteiger partial charge in [0.05, 0.1) is 17.6 Å². The molecule has 2 atom stereocenters. The third kappa shape index (κ3) is 2.97. The number of rotatable bonds is 3. The fraction of sp³-hybridized carbons (Fsp3) is 0.611. The molecule has 2 bridgehead atoms. The topological polar surface area (TPSA) is 63.7 Å². The van der Waals surface area contributed by atoms with E-state index >= 15 is 0 Å². The third-order valence-corrected chi connectivity index (χ3v) is 7.16. The molecule has 5 nitrogen and oxygen atoms in total. The lowest BCUT2D eigenvalue weighted by Gasteiger charge is -2.39. The van der Waals surface area contributed by atoms with Crippen LogP contribution in [-0.2, 0) is 14.8 Å². The zero-order valence-corrected chi connectivity index (χ0v) is 15.5. The van der Waals surface area contributed by atoms with Crippen LogP contribution in [0.2, 0.25) is 0 Å². The highest BCUT2D eigenvalue weighted by atomic mass is 32.2. The van der Waals surface area contributed by atoms with Crippen LogP contribution in [0.5, 0.6) is 0 Å². The van der Waals surface area contributed by atoms with E-state index in [0.29, 0.717) is 12.1 Å². The fourth-order valence-corrected chi connectivity index (χ4v) is 6.48. The molecule has 1 heterocycles. The van der Waals surface area contributed by atoms with Crippen LogP contribution in [-0.4, -0.2) is 38.4 Å². The van der Waals surface area contributed by atoms with Crippen LogP contribution in [0.1, 0.15) is 50.4 Å². The van der Waals surface area contributed by atoms with E-state index in [4.69, 9.17) is 0 Å². The summed E-state index contributed by atoms with van der Waals surface area (Å²) >= 11 is 0. The van der Waals surface area contributed by atoms with Crippen LogP contribution < -0.4 is 0 Å². The first-order valence-electron chi connectivity index (χ1n) is 8.27. The van der Waals surface area contributed by atoms with Crippen LogP contribution in [0.4, 0.5) is 0 Å². The number of carbonyl (C=O) groups excluding carboxylic acids is 1. The highest BCUT2D eigenvalue weighted by Crippen LogP contribution is 2.53. The van der Waals surface area contributed by atoms with Crippen molar-refractivity contribution in [3.63, 3.8) is 0 Å². The summed E-state index contributed by atoms with van der Waals surface area (Å²) in [5.41, 5.74) is 0.562. The van der Waals surface area contributed by atoms with Crippen LogP contribution in [0.25, 0.3) is 0 Å². The maximum Gasteiger partial charge on any atom is 0.337 e. The Balaban J connectivity index is 1.90. The van der Waals surface area contributed by atoms with Gasteiger partial charge in [-0.05, 0) is 54.4 Å². The standard InChI is InChI=1S/C18H25NO4S/c1-17(2)9-14-10-18(3,11-17)12-19(14)24(21,22)15-7-5-13(6-8-15)16(20)23-4/h5-8,14H,9-12H2,1-4H3/t14-,18+/m1/s1. The summed E-state index contributed by atoms with van der Waals surface area (Å²) in [5.74, 6) is -0.467. The summed E-state index contributed by atoms with van der Waals surface area (Å²) in [4.78, 5) is 11.8. The number of fused-ring (bicyclic) bond motifs is 2. The Morgan fingerprint density at radius 3 is 2.38 bits per heavy atom. The Kier molecular flexibility index (Phi) is 4.04. The number of ether oxygens (including phenoxy) is 1. The first-order valence-corrected chi connectivity index (χ1v) is 9.71. The molecule has 132 valence electrons. The number of methoxy groups -OCH3 is 1. The Labute approximate surface area is 144 Å². The van der Waals surface area contributed by atoms with Gasteiger partial charge < -0.3 is 4.74 Å². The molecule has 0 N–H and O–H groups in total. The van der Waals surface area contributed by atoms with Crippen molar-refractivity contribution in [2.24, 2.45) is 10.8 Å². The van der Waals surface area contributed by atoms with E-state index in [0.717, 1.165) is 19.3 Å². The number of benzene rings is 1.